The highest BCUT2D eigenvalue weighted by atomic mass is 16.5. The predicted octanol–water partition coefficient (Wildman–Crippen LogP) is 5.76. The van der Waals surface area contributed by atoms with Crippen molar-refractivity contribution in [2.75, 3.05) is 14.2 Å². The fraction of sp³-hybridized carbons (Fsp3) is 0.448. The maximum Gasteiger partial charge on any atom is 0.295 e. The molecule has 1 saturated heterocycles. The van der Waals surface area contributed by atoms with Gasteiger partial charge in [-0.05, 0) is 54.2 Å². The number of hydrogen-bond donors (Lipinski definition) is 1. The van der Waals surface area contributed by atoms with Crippen molar-refractivity contribution in [3.8, 4) is 11.5 Å². The second-order valence-corrected chi connectivity index (χ2v) is 10.4. The molecule has 1 aliphatic carbocycles. The fourth-order valence-corrected chi connectivity index (χ4v) is 5.32. The van der Waals surface area contributed by atoms with E-state index >= 15 is 0 Å². The highest BCUT2D eigenvalue weighted by Gasteiger charge is 2.49. The van der Waals surface area contributed by atoms with Crippen molar-refractivity contribution in [1.29, 1.82) is 0 Å². The number of likely N-dealkylation sites (tertiary alicyclic amines) is 1. The summed E-state index contributed by atoms with van der Waals surface area (Å²) in [5.74, 6) is -0.00951. The van der Waals surface area contributed by atoms with E-state index in [-0.39, 0.29) is 22.8 Å². The number of nitrogens with zero attached hydrogens (tertiary/aromatic N) is 1. The highest BCUT2D eigenvalue weighted by Crippen LogP contribution is 2.44. The molecule has 35 heavy (non-hydrogen) atoms. The van der Waals surface area contributed by atoms with Gasteiger partial charge in [0.2, 0.25) is 0 Å². The van der Waals surface area contributed by atoms with E-state index in [1.807, 2.05) is 30.3 Å². The zero-order chi connectivity index (χ0) is 25.3. The number of carbonyl (C=O) groups excluding carboxylic acids is 2. The van der Waals surface area contributed by atoms with Crippen LogP contribution in [0.15, 0.2) is 48.0 Å². The molecule has 2 aromatic carbocycles. The molecule has 1 heterocycles. The summed E-state index contributed by atoms with van der Waals surface area (Å²) in [6.07, 6.45) is 4.87. The van der Waals surface area contributed by atoms with E-state index in [1.54, 1.807) is 31.3 Å². The molecule has 0 spiro atoms. The van der Waals surface area contributed by atoms with Crippen molar-refractivity contribution in [3.63, 3.8) is 0 Å². The summed E-state index contributed by atoms with van der Waals surface area (Å²) in [7, 11) is 3.20. The minimum absolute atomic E-state index is 0.0392. The van der Waals surface area contributed by atoms with Crippen molar-refractivity contribution in [2.45, 2.75) is 70.4 Å². The van der Waals surface area contributed by atoms with E-state index < -0.39 is 17.7 Å². The van der Waals surface area contributed by atoms with Crippen molar-refractivity contribution < 1.29 is 24.2 Å². The van der Waals surface area contributed by atoms with E-state index in [0.717, 1.165) is 43.2 Å². The Hall–Kier alpha value is -3.28. The van der Waals surface area contributed by atoms with Gasteiger partial charge in [-0.15, -0.1) is 0 Å². The summed E-state index contributed by atoms with van der Waals surface area (Å²) in [5, 5.41) is 11.5. The number of benzene rings is 2. The van der Waals surface area contributed by atoms with E-state index in [4.69, 9.17) is 9.47 Å². The van der Waals surface area contributed by atoms with Gasteiger partial charge in [0.25, 0.3) is 11.7 Å². The van der Waals surface area contributed by atoms with E-state index in [1.165, 1.54) is 0 Å². The molecule has 6 heteroatoms. The number of aliphatic hydroxyl groups is 1. The largest absolute Gasteiger partial charge is 0.507 e. The van der Waals surface area contributed by atoms with Crippen molar-refractivity contribution in [3.05, 3.63) is 64.7 Å². The van der Waals surface area contributed by atoms with E-state index in [9.17, 15) is 14.7 Å². The number of ketones is 1. The molecule has 1 N–H and O–H groups in total. The van der Waals surface area contributed by atoms with Gasteiger partial charge in [0, 0.05) is 17.2 Å². The fourth-order valence-electron chi connectivity index (χ4n) is 5.32. The molecule has 2 aromatic rings. The maximum atomic E-state index is 13.5. The number of hydrogen-bond acceptors (Lipinski definition) is 5. The van der Waals surface area contributed by atoms with Gasteiger partial charge in [-0.25, -0.2) is 0 Å². The minimum atomic E-state index is -0.673. The third kappa shape index (κ3) is 4.66. The Kier molecular flexibility index (Phi) is 6.93. The Labute approximate surface area is 207 Å². The lowest BCUT2D eigenvalue weighted by Crippen LogP contribution is -2.40. The SMILES string of the molecule is COc1cccc(C2/C(=C(/O)c3ccc(OC)c(C(C)(C)C)c3)C(=O)C(=O)N2C2CCCCC2)c1. The van der Waals surface area contributed by atoms with Crippen LogP contribution in [0, 0.1) is 0 Å². The third-order valence-electron chi connectivity index (χ3n) is 7.14. The third-order valence-corrected chi connectivity index (χ3v) is 7.14. The van der Waals surface area contributed by atoms with E-state index in [0.29, 0.717) is 17.1 Å². The molecule has 0 aromatic heterocycles. The van der Waals surface area contributed by atoms with Crippen molar-refractivity contribution >= 4 is 17.4 Å². The standard InChI is InChI=1S/C29H35NO5/c1-29(2,3)22-17-19(14-15-23(22)35-5)26(31)24-25(18-10-9-13-21(16-18)34-4)30(28(33)27(24)32)20-11-7-6-8-12-20/h9-10,13-17,20,25,31H,6-8,11-12H2,1-5H3/b26-24-. The Bertz CT molecular complexity index is 1150. The van der Waals surface area contributed by atoms with Crippen LogP contribution in [-0.2, 0) is 15.0 Å². The lowest BCUT2D eigenvalue weighted by molar-refractivity contribution is -0.141. The molecule has 1 amide bonds. The molecule has 1 atom stereocenters. The first-order chi connectivity index (χ1) is 16.7. The van der Waals surface area contributed by atoms with Gasteiger partial charge in [-0.3, -0.25) is 9.59 Å². The van der Waals surface area contributed by atoms with Crippen LogP contribution in [0.3, 0.4) is 0 Å². The van der Waals surface area contributed by atoms with Gasteiger partial charge >= 0.3 is 0 Å². The van der Waals surface area contributed by atoms with Crippen molar-refractivity contribution in [1.82, 2.24) is 4.90 Å². The van der Waals surface area contributed by atoms with Gasteiger partial charge < -0.3 is 19.5 Å². The average molecular weight is 478 g/mol. The number of carbonyl (C=O) groups is 2. The molecule has 4 rings (SSSR count). The van der Waals surface area contributed by atoms with Crippen LogP contribution < -0.4 is 9.47 Å². The molecule has 1 unspecified atom stereocenters. The predicted molar refractivity (Wildman–Crippen MR) is 136 cm³/mol. The smallest absolute Gasteiger partial charge is 0.295 e. The molecule has 186 valence electrons. The Morgan fingerprint density at radius 3 is 2.31 bits per heavy atom. The maximum absolute atomic E-state index is 13.5. The van der Waals surface area contributed by atoms with Crippen LogP contribution in [-0.4, -0.2) is 42.0 Å². The van der Waals surface area contributed by atoms with Crippen LogP contribution in [0.4, 0.5) is 0 Å². The summed E-state index contributed by atoms with van der Waals surface area (Å²) < 4.78 is 11.0. The minimum Gasteiger partial charge on any atom is -0.507 e. The summed E-state index contributed by atoms with van der Waals surface area (Å²) >= 11 is 0. The number of aliphatic hydroxyl groups excluding tert-OH is 1. The number of Topliss-reactive ketones (excluding diaryl/α,β-unsaturated/α-hetero) is 1. The molecule has 6 nitrogen and oxygen atoms in total. The van der Waals surface area contributed by atoms with Crippen LogP contribution in [0.2, 0.25) is 0 Å². The second kappa shape index (κ2) is 9.76. The Morgan fingerprint density at radius 2 is 1.69 bits per heavy atom. The average Bonchev–Trinajstić information content (AvgIpc) is 3.13. The lowest BCUT2D eigenvalue weighted by Gasteiger charge is -2.35. The Balaban J connectivity index is 1.91. The number of amides is 1. The quantitative estimate of drug-likeness (QED) is 0.337. The zero-order valence-corrected chi connectivity index (χ0v) is 21.3. The van der Waals surface area contributed by atoms with Crippen LogP contribution in [0.5, 0.6) is 11.5 Å². The van der Waals surface area contributed by atoms with Gasteiger partial charge in [-0.2, -0.15) is 0 Å². The molecule has 1 saturated carbocycles. The monoisotopic (exact) mass is 477 g/mol. The first-order valence-electron chi connectivity index (χ1n) is 12.3. The van der Waals surface area contributed by atoms with Gasteiger partial charge in [0.05, 0.1) is 25.8 Å². The lowest BCUT2D eigenvalue weighted by atomic mass is 9.84. The number of methoxy groups -OCH3 is 2. The number of ether oxygens (including phenoxy) is 2. The molecular formula is C29H35NO5. The summed E-state index contributed by atoms with van der Waals surface area (Å²) in [6, 6.07) is 12.1. The Morgan fingerprint density at radius 1 is 0.971 bits per heavy atom. The first kappa shape index (κ1) is 24.8. The normalized spacial score (nSPS) is 20.8. The topological polar surface area (TPSA) is 76.1 Å². The second-order valence-electron chi connectivity index (χ2n) is 10.4. The van der Waals surface area contributed by atoms with Crippen LogP contribution in [0.25, 0.3) is 5.76 Å². The summed E-state index contributed by atoms with van der Waals surface area (Å²) in [4.78, 5) is 28.6. The summed E-state index contributed by atoms with van der Waals surface area (Å²) in [5.41, 5.74) is 2.02. The van der Waals surface area contributed by atoms with Gasteiger partial charge in [-0.1, -0.05) is 52.2 Å². The molecule has 2 fully saturated rings. The molecular weight excluding hydrogens is 442 g/mol. The van der Waals surface area contributed by atoms with Crippen molar-refractivity contribution in [2.24, 2.45) is 0 Å². The molecule has 0 bridgehead atoms. The van der Waals surface area contributed by atoms with Gasteiger partial charge in [0.15, 0.2) is 0 Å². The highest BCUT2D eigenvalue weighted by molar-refractivity contribution is 6.46. The molecule has 0 radical (unpaired) electrons. The van der Waals surface area contributed by atoms with E-state index in [2.05, 4.69) is 20.8 Å². The summed E-state index contributed by atoms with van der Waals surface area (Å²) in [6.45, 7) is 6.19. The van der Waals surface area contributed by atoms with Crippen LogP contribution >= 0.6 is 0 Å². The molecule has 1 aliphatic heterocycles. The van der Waals surface area contributed by atoms with Crippen LogP contribution in [0.1, 0.15) is 75.6 Å². The zero-order valence-electron chi connectivity index (χ0n) is 21.3. The van der Waals surface area contributed by atoms with Gasteiger partial charge in [0.1, 0.15) is 17.3 Å². The number of rotatable bonds is 5. The first-order valence-corrected chi connectivity index (χ1v) is 12.3. The molecule has 2 aliphatic rings.